The summed E-state index contributed by atoms with van der Waals surface area (Å²) in [5.41, 5.74) is 1.65. The molecule has 0 aliphatic heterocycles. The molecule has 152 valence electrons. The first-order valence-electron chi connectivity index (χ1n) is 9.58. The quantitative estimate of drug-likeness (QED) is 0.486. The average Bonchev–Trinajstić information content (AvgIpc) is 3.42. The van der Waals surface area contributed by atoms with E-state index in [-0.39, 0.29) is 12.5 Å². The minimum atomic E-state index is -0.235. The van der Waals surface area contributed by atoms with E-state index in [1.165, 1.54) is 0 Å². The fourth-order valence-corrected chi connectivity index (χ4v) is 2.90. The Kier molecular flexibility index (Phi) is 5.79. The molecular formula is C21H21N7O2. The number of benzene rings is 2. The van der Waals surface area contributed by atoms with Crippen LogP contribution in [0.2, 0.25) is 0 Å². The van der Waals surface area contributed by atoms with Gasteiger partial charge in [0.2, 0.25) is 0 Å². The number of hydrogen-bond donors (Lipinski definition) is 1. The third-order valence-electron chi connectivity index (χ3n) is 4.46. The summed E-state index contributed by atoms with van der Waals surface area (Å²) in [6.07, 6.45) is 1.84. The van der Waals surface area contributed by atoms with Crippen LogP contribution in [0.15, 0.2) is 66.9 Å². The van der Waals surface area contributed by atoms with Crippen molar-refractivity contribution in [2.75, 3.05) is 5.32 Å². The molecule has 0 unspecified atom stereocenters. The Bertz CT molecular complexity index is 1100. The first-order valence-corrected chi connectivity index (χ1v) is 9.58. The van der Waals surface area contributed by atoms with Crippen molar-refractivity contribution in [2.45, 2.75) is 26.6 Å². The zero-order valence-corrected chi connectivity index (χ0v) is 16.5. The summed E-state index contributed by atoms with van der Waals surface area (Å²) in [6.45, 7) is 3.53. The highest BCUT2D eigenvalue weighted by atomic mass is 16.5. The molecule has 2 heterocycles. The average molecular weight is 403 g/mol. The number of aryl methyl sites for hydroxylation is 1. The van der Waals surface area contributed by atoms with E-state index in [9.17, 15) is 4.79 Å². The molecule has 0 aliphatic carbocycles. The van der Waals surface area contributed by atoms with Crippen molar-refractivity contribution >= 4 is 11.7 Å². The molecule has 1 N–H and O–H groups in total. The number of ether oxygens (including phenoxy) is 1. The summed E-state index contributed by atoms with van der Waals surface area (Å²) in [4.78, 5) is 12.5. The fourth-order valence-electron chi connectivity index (χ4n) is 2.90. The lowest BCUT2D eigenvalue weighted by atomic mass is 10.2. The number of hydrogen-bond acceptors (Lipinski definition) is 6. The van der Waals surface area contributed by atoms with Gasteiger partial charge in [0.25, 0.3) is 5.91 Å². The topological polar surface area (TPSA) is 99.8 Å². The van der Waals surface area contributed by atoms with Crippen molar-refractivity contribution in [3.63, 3.8) is 0 Å². The smallest absolute Gasteiger partial charge is 0.256 e. The lowest BCUT2D eigenvalue weighted by Gasteiger charge is -2.07. The minimum Gasteiger partial charge on any atom is -0.486 e. The number of anilines is 1. The number of carbonyl (C=O) groups excluding carboxylic acids is 1. The molecule has 0 saturated carbocycles. The third kappa shape index (κ3) is 4.69. The van der Waals surface area contributed by atoms with Crippen molar-refractivity contribution in [3.8, 4) is 5.75 Å². The second kappa shape index (κ2) is 8.99. The first-order chi connectivity index (χ1) is 14.7. The van der Waals surface area contributed by atoms with E-state index < -0.39 is 0 Å². The number of carbonyl (C=O) groups is 1. The van der Waals surface area contributed by atoms with Crippen molar-refractivity contribution < 1.29 is 9.53 Å². The summed E-state index contributed by atoms with van der Waals surface area (Å²) in [5.74, 6) is 1.54. The summed E-state index contributed by atoms with van der Waals surface area (Å²) in [6, 6.07) is 18.7. The monoisotopic (exact) mass is 403 g/mol. The van der Waals surface area contributed by atoms with Gasteiger partial charge < -0.3 is 10.1 Å². The number of aromatic nitrogens is 6. The zero-order valence-electron chi connectivity index (χ0n) is 16.5. The largest absolute Gasteiger partial charge is 0.486 e. The Morgan fingerprint density at radius 1 is 1.07 bits per heavy atom. The highest BCUT2D eigenvalue weighted by Gasteiger charge is 2.10. The van der Waals surface area contributed by atoms with E-state index in [4.69, 9.17) is 4.74 Å². The summed E-state index contributed by atoms with van der Waals surface area (Å²) in [5, 5.41) is 18.6. The SMILES string of the molecule is CCn1nnnc1COc1ccc(C(=O)Nc2ccn(Cc3ccccc3)n2)cc1. The van der Waals surface area contributed by atoms with Gasteiger partial charge in [-0.25, -0.2) is 4.68 Å². The van der Waals surface area contributed by atoms with Crippen molar-refractivity contribution in [2.24, 2.45) is 0 Å². The molecule has 0 atom stereocenters. The minimum absolute atomic E-state index is 0.235. The zero-order chi connectivity index (χ0) is 20.8. The van der Waals surface area contributed by atoms with Crippen LogP contribution in [0.1, 0.15) is 28.7 Å². The van der Waals surface area contributed by atoms with E-state index in [1.54, 1.807) is 39.7 Å². The summed E-state index contributed by atoms with van der Waals surface area (Å²) >= 11 is 0. The maximum absolute atomic E-state index is 12.5. The number of nitrogens with zero attached hydrogens (tertiary/aromatic N) is 6. The number of rotatable bonds is 8. The van der Waals surface area contributed by atoms with Gasteiger partial charge in [-0.15, -0.1) is 5.10 Å². The highest BCUT2D eigenvalue weighted by molar-refractivity contribution is 6.03. The van der Waals surface area contributed by atoms with Crippen LogP contribution >= 0.6 is 0 Å². The molecular weight excluding hydrogens is 382 g/mol. The van der Waals surface area contributed by atoms with E-state index in [1.807, 2.05) is 43.5 Å². The van der Waals surface area contributed by atoms with Crippen LogP contribution in [0.5, 0.6) is 5.75 Å². The Balaban J connectivity index is 1.32. The molecule has 0 spiro atoms. The standard InChI is InChI=1S/C21H21N7O2/c1-2-28-20(23-25-26-28)15-30-18-10-8-17(9-11-18)21(29)22-19-12-13-27(24-19)14-16-6-4-3-5-7-16/h3-13H,2,14-15H2,1H3,(H,22,24,29). The van der Waals surface area contributed by atoms with E-state index in [0.29, 0.717) is 36.0 Å². The molecule has 9 nitrogen and oxygen atoms in total. The molecule has 0 radical (unpaired) electrons. The van der Waals surface area contributed by atoms with Crippen LogP contribution in [0.3, 0.4) is 0 Å². The van der Waals surface area contributed by atoms with Crippen LogP contribution in [0, 0.1) is 0 Å². The van der Waals surface area contributed by atoms with E-state index >= 15 is 0 Å². The number of amides is 1. The molecule has 2 aromatic heterocycles. The summed E-state index contributed by atoms with van der Waals surface area (Å²) < 4.78 is 9.14. The molecule has 4 rings (SSSR count). The lowest BCUT2D eigenvalue weighted by molar-refractivity contribution is 0.102. The molecule has 30 heavy (non-hydrogen) atoms. The van der Waals surface area contributed by atoms with Gasteiger partial charge in [0.15, 0.2) is 11.6 Å². The Hall–Kier alpha value is -4.01. The van der Waals surface area contributed by atoms with Crippen LogP contribution in [0.25, 0.3) is 0 Å². The van der Waals surface area contributed by atoms with Gasteiger partial charge in [0, 0.05) is 24.4 Å². The normalized spacial score (nSPS) is 10.7. The molecule has 0 saturated heterocycles. The van der Waals surface area contributed by atoms with Crippen molar-refractivity contribution in [1.82, 2.24) is 30.0 Å². The van der Waals surface area contributed by atoms with Crippen LogP contribution in [-0.2, 0) is 19.7 Å². The molecule has 4 aromatic rings. The maximum Gasteiger partial charge on any atom is 0.256 e. The Morgan fingerprint density at radius 3 is 2.63 bits per heavy atom. The van der Waals surface area contributed by atoms with Crippen molar-refractivity contribution in [3.05, 3.63) is 83.8 Å². The maximum atomic E-state index is 12.5. The van der Waals surface area contributed by atoms with Crippen molar-refractivity contribution in [1.29, 1.82) is 0 Å². The second-order valence-corrected chi connectivity index (χ2v) is 6.56. The van der Waals surface area contributed by atoms with Gasteiger partial charge in [0.1, 0.15) is 12.4 Å². The van der Waals surface area contributed by atoms with Crippen LogP contribution in [-0.4, -0.2) is 35.9 Å². The van der Waals surface area contributed by atoms with Gasteiger partial charge in [-0.2, -0.15) is 5.10 Å². The van der Waals surface area contributed by atoms with Gasteiger partial charge in [0.05, 0.1) is 6.54 Å². The predicted molar refractivity (Wildman–Crippen MR) is 110 cm³/mol. The van der Waals surface area contributed by atoms with Crippen LogP contribution in [0.4, 0.5) is 5.82 Å². The van der Waals surface area contributed by atoms with Gasteiger partial charge in [-0.1, -0.05) is 30.3 Å². The molecule has 0 fully saturated rings. The van der Waals surface area contributed by atoms with Gasteiger partial charge in [-0.05, 0) is 47.2 Å². The Morgan fingerprint density at radius 2 is 1.87 bits per heavy atom. The van der Waals surface area contributed by atoms with E-state index in [2.05, 4.69) is 25.9 Å². The first kappa shape index (κ1) is 19.3. The molecule has 2 aromatic carbocycles. The highest BCUT2D eigenvalue weighted by Crippen LogP contribution is 2.15. The number of nitrogens with one attached hydrogen (secondary N) is 1. The van der Waals surface area contributed by atoms with E-state index in [0.717, 1.165) is 5.56 Å². The van der Waals surface area contributed by atoms with Crippen LogP contribution < -0.4 is 10.1 Å². The molecule has 9 heteroatoms. The fraction of sp³-hybridized carbons (Fsp3) is 0.190. The third-order valence-corrected chi connectivity index (χ3v) is 4.46. The second-order valence-electron chi connectivity index (χ2n) is 6.56. The molecule has 0 bridgehead atoms. The lowest BCUT2D eigenvalue weighted by Crippen LogP contribution is -2.13. The molecule has 1 amide bonds. The number of tetrazole rings is 1. The summed E-state index contributed by atoms with van der Waals surface area (Å²) in [7, 11) is 0. The van der Waals surface area contributed by atoms with Gasteiger partial charge >= 0.3 is 0 Å². The van der Waals surface area contributed by atoms with Gasteiger partial charge in [-0.3, -0.25) is 9.48 Å². The predicted octanol–water partition coefficient (Wildman–Crippen LogP) is 2.77. The molecule has 0 aliphatic rings. The Labute approximate surface area is 173 Å².